The lowest BCUT2D eigenvalue weighted by Gasteiger charge is -2.29. The van der Waals surface area contributed by atoms with Crippen molar-refractivity contribution in [3.63, 3.8) is 0 Å². The Morgan fingerprint density at radius 3 is 2.39 bits per heavy atom. The van der Waals surface area contributed by atoms with Crippen LogP contribution in [0.15, 0.2) is 48.5 Å². The molecule has 166 valence electrons. The van der Waals surface area contributed by atoms with E-state index in [1.807, 2.05) is 31.2 Å². The van der Waals surface area contributed by atoms with Crippen LogP contribution in [0.5, 0.6) is 11.5 Å². The molecule has 1 aliphatic rings. The van der Waals surface area contributed by atoms with Crippen LogP contribution in [0.1, 0.15) is 37.8 Å². The zero-order chi connectivity index (χ0) is 22.2. The number of nitrogens with zero attached hydrogens (tertiary/aromatic N) is 2. The van der Waals surface area contributed by atoms with Crippen LogP contribution in [0, 0.1) is 0 Å². The number of rotatable bonds is 10. The predicted octanol–water partition coefficient (Wildman–Crippen LogP) is 3.14. The lowest BCUT2D eigenvalue weighted by atomic mass is 10.0. The molecule has 2 amide bonds. The number of methoxy groups -OCH3 is 1. The summed E-state index contributed by atoms with van der Waals surface area (Å²) in [7, 11) is 1.60. The van der Waals surface area contributed by atoms with Gasteiger partial charge < -0.3 is 20.1 Å². The standard InChI is InChI=1S/C24H31N3O4/c1-3-31-21-10-6-18(7-11-21)22-5-4-15-26(22)17-24(29)27(16-14-23(25)28)19-8-12-20(30-2)13-9-19/h6-13,22H,3-5,14-17H2,1-2H3,(H2,25,28)/t22-/m0/s1. The maximum atomic E-state index is 13.3. The van der Waals surface area contributed by atoms with Gasteiger partial charge in [-0.15, -0.1) is 0 Å². The topological polar surface area (TPSA) is 85.1 Å². The molecule has 2 N–H and O–H groups in total. The number of primary amides is 1. The smallest absolute Gasteiger partial charge is 0.241 e. The van der Waals surface area contributed by atoms with Crippen LogP contribution in [0.3, 0.4) is 0 Å². The van der Waals surface area contributed by atoms with Gasteiger partial charge in [-0.25, -0.2) is 0 Å². The van der Waals surface area contributed by atoms with Crippen molar-refractivity contribution < 1.29 is 19.1 Å². The number of ether oxygens (including phenoxy) is 2. The molecule has 2 aromatic carbocycles. The van der Waals surface area contributed by atoms with Gasteiger partial charge in [-0.3, -0.25) is 14.5 Å². The fourth-order valence-electron chi connectivity index (χ4n) is 3.99. The molecular formula is C24H31N3O4. The number of carbonyl (C=O) groups is 2. The average molecular weight is 426 g/mol. The van der Waals surface area contributed by atoms with Crippen LogP contribution in [0.25, 0.3) is 0 Å². The Hall–Kier alpha value is -3.06. The van der Waals surface area contributed by atoms with E-state index >= 15 is 0 Å². The van der Waals surface area contributed by atoms with Gasteiger partial charge in [0.2, 0.25) is 11.8 Å². The number of amides is 2. The number of likely N-dealkylation sites (tertiary alicyclic amines) is 1. The van der Waals surface area contributed by atoms with Gasteiger partial charge in [-0.1, -0.05) is 12.1 Å². The van der Waals surface area contributed by atoms with Crippen molar-refractivity contribution in [2.75, 3.05) is 38.3 Å². The van der Waals surface area contributed by atoms with E-state index in [2.05, 4.69) is 17.0 Å². The van der Waals surface area contributed by atoms with Crippen LogP contribution in [0.4, 0.5) is 5.69 Å². The van der Waals surface area contributed by atoms with Crippen LogP contribution >= 0.6 is 0 Å². The number of hydrogen-bond donors (Lipinski definition) is 1. The Labute approximate surface area is 183 Å². The van der Waals surface area contributed by atoms with Gasteiger partial charge in [-0.2, -0.15) is 0 Å². The normalized spacial score (nSPS) is 16.1. The van der Waals surface area contributed by atoms with Gasteiger partial charge in [0.05, 0.1) is 20.3 Å². The lowest BCUT2D eigenvalue weighted by molar-refractivity contribution is -0.120. The monoisotopic (exact) mass is 425 g/mol. The summed E-state index contributed by atoms with van der Waals surface area (Å²) in [6.07, 6.45) is 2.15. The highest BCUT2D eigenvalue weighted by atomic mass is 16.5. The molecule has 7 heteroatoms. The molecule has 7 nitrogen and oxygen atoms in total. The molecule has 0 saturated carbocycles. The third kappa shape index (κ3) is 5.98. The zero-order valence-corrected chi connectivity index (χ0v) is 18.3. The van der Waals surface area contributed by atoms with Crippen molar-refractivity contribution >= 4 is 17.5 Å². The lowest BCUT2D eigenvalue weighted by Crippen LogP contribution is -2.41. The molecule has 3 rings (SSSR count). The van der Waals surface area contributed by atoms with Crippen LogP contribution in [-0.2, 0) is 9.59 Å². The van der Waals surface area contributed by atoms with Crippen molar-refractivity contribution in [1.82, 2.24) is 4.90 Å². The second-order valence-corrected chi connectivity index (χ2v) is 7.59. The second kappa shape index (κ2) is 10.8. The molecule has 0 spiro atoms. The average Bonchev–Trinajstić information content (AvgIpc) is 3.23. The fraction of sp³-hybridized carbons (Fsp3) is 0.417. The third-order valence-electron chi connectivity index (χ3n) is 5.54. The minimum absolute atomic E-state index is 0.0516. The van der Waals surface area contributed by atoms with Crippen LogP contribution < -0.4 is 20.1 Å². The minimum atomic E-state index is -0.431. The number of anilines is 1. The number of hydrogen-bond acceptors (Lipinski definition) is 5. The van der Waals surface area contributed by atoms with E-state index < -0.39 is 5.91 Å². The van der Waals surface area contributed by atoms with E-state index in [4.69, 9.17) is 15.2 Å². The highest BCUT2D eigenvalue weighted by Gasteiger charge is 2.29. The van der Waals surface area contributed by atoms with Gasteiger partial charge >= 0.3 is 0 Å². The van der Waals surface area contributed by atoms with Gasteiger partial charge in [0, 0.05) is 24.7 Å². The molecule has 0 radical (unpaired) electrons. The van der Waals surface area contributed by atoms with Gasteiger partial charge in [0.25, 0.3) is 0 Å². The summed E-state index contributed by atoms with van der Waals surface area (Å²) in [6, 6.07) is 15.6. The van der Waals surface area contributed by atoms with Gasteiger partial charge in [0.15, 0.2) is 0 Å². The molecule has 0 aromatic heterocycles. The number of benzene rings is 2. The quantitative estimate of drug-likeness (QED) is 0.632. The summed E-state index contributed by atoms with van der Waals surface area (Å²) >= 11 is 0. The molecule has 1 atom stereocenters. The fourth-order valence-corrected chi connectivity index (χ4v) is 3.99. The first-order valence-electron chi connectivity index (χ1n) is 10.7. The Balaban J connectivity index is 1.73. The van der Waals surface area contributed by atoms with E-state index in [0.717, 1.165) is 30.8 Å². The van der Waals surface area contributed by atoms with Crippen molar-refractivity contribution in [1.29, 1.82) is 0 Å². The SMILES string of the molecule is CCOc1ccc([C@@H]2CCCN2CC(=O)N(CCC(N)=O)c2ccc(OC)cc2)cc1. The first-order chi connectivity index (χ1) is 15.0. The highest BCUT2D eigenvalue weighted by Crippen LogP contribution is 2.33. The Kier molecular flexibility index (Phi) is 7.89. The minimum Gasteiger partial charge on any atom is -0.497 e. The van der Waals surface area contributed by atoms with Crippen molar-refractivity contribution in [3.8, 4) is 11.5 Å². The molecule has 1 saturated heterocycles. The van der Waals surface area contributed by atoms with E-state index in [-0.39, 0.29) is 31.5 Å². The van der Waals surface area contributed by atoms with Crippen LogP contribution in [-0.4, -0.2) is 50.1 Å². The number of carbonyl (C=O) groups excluding carboxylic acids is 2. The van der Waals surface area contributed by atoms with E-state index in [1.54, 1.807) is 24.1 Å². The first-order valence-corrected chi connectivity index (χ1v) is 10.7. The molecule has 0 aliphatic carbocycles. The molecule has 1 heterocycles. The maximum absolute atomic E-state index is 13.3. The molecule has 31 heavy (non-hydrogen) atoms. The Bertz CT molecular complexity index is 867. The van der Waals surface area contributed by atoms with Crippen molar-refractivity contribution in [2.45, 2.75) is 32.2 Å². The highest BCUT2D eigenvalue weighted by molar-refractivity contribution is 5.95. The van der Waals surface area contributed by atoms with E-state index in [0.29, 0.717) is 12.4 Å². The summed E-state index contributed by atoms with van der Waals surface area (Å²) in [4.78, 5) is 28.5. The molecule has 1 fully saturated rings. The Morgan fingerprint density at radius 1 is 1.10 bits per heavy atom. The maximum Gasteiger partial charge on any atom is 0.241 e. The van der Waals surface area contributed by atoms with E-state index in [9.17, 15) is 9.59 Å². The molecular weight excluding hydrogens is 394 g/mol. The summed E-state index contributed by atoms with van der Waals surface area (Å²) in [6.45, 7) is 3.99. The molecule has 2 aromatic rings. The summed E-state index contributed by atoms with van der Waals surface area (Å²) in [5.41, 5.74) is 7.25. The summed E-state index contributed by atoms with van der Waals surface area (Å²) in [5, 5.41) is 0. The second-order valence-electron chi connectivity index (χ2n) is 7.59. The summed E-state index contributed by atoms with van der Waals surface area (Å²) < 4.78 is 10.7. The van der Waals surface area contributed by atoms with Crippen molar-refractivity contribution in [3.05, 3.63) is 54.1 Å². The van der Waals surface area contributed by atoms with Gasteiger partial charge in [-0.05, 0) is 68.3 Å². The molecule has 0 unspecified atom stereocenters. The third-order valence-corrected chi connectivity index (χ3v) is 5.54. The molecule has 1 aliphatic heterocycles. The van der Waals surface area contributed by atoms with Crippen molar-refractivity contribution in [2.24, 2.45) is 5.73 Å². The van der Waals surface area contributed by atoms with E-state index in [1.165, 1.54) is 5.56 Å². The van der Waals surface area contributed by atoms with Gasteiger partial charge in [0.1, 0.15) is 11.5 Å². The zero-order valence-electron chi connectivity index (χ0n) is 18.3. The summed E-state index contributed by atoms with van der Waals surface area (Å²) in [5.74, 6) is 1.08. The molecule has 0 bridgehead atoms. The number of nitrogens with two attached hydrogens (primary N) is 1. The first kappa shape index (κ1) is 22.6. The van der Waals surface area contributed by atoms with Crippen LogP contribution in [0.2, 0.25) is 0 Å². The Morgan fingerprint density at radius 2 is 1.77 bits per heavy atom. The predicted molar refractivity (Wildman–Crippen MR) is 120 cm³/mol. The largest absolute Gasteiger partial charge is 0.497 e.